The first-order chi connectivity index (χ1) is 8.84. The molecule has 1 N–H and O–H groups in total. The maximum Gasteiger partial charge on any atom is 0.0723 e. The van der Waals surface area contributed by atoms with Gasteiger partial charge in [0, 0.05) is 12.2 Å². The Morgan fingerprint density at radius 1 is 0.944 bits per heavy atom. The predicted molar refractivity (Wildman–Crippen MR) is 75.6 cm³/mol. The zero-order valence-corrected chi connectivity index (χ0v) is 10.7. The Balaban J connectivity index is 1.71. The predicted octanol–water partition coefficient (Wildman–Crippen LogP) is 3.70. The highest BCUT2D eigenvalue weighted by molar-refractivity contribution is 5.42. The summed E-state index contributed by atoms with van der Waals surface area (Å²) in [5, 5.41) is 3.36. The van der Waals surface area contributed by atoms with Crippen molar-refractivity contribution in [2.75, 3.05) is 11.9 Å². The van der Waals surface area contributed by atoms with Gasteiger partial charge in [-0.05, 0) is 24.6 Å². The fourth-order valence-corrected chi connectivity index (χ4v) is 1.69. The van der Waals surface area contributed by atoms with Crippen LogP contribution >= 0.6 is 0 Å². The van der Waals surface area contributed by atoms with Crippen LogP contribution < -0.4 is 5.32 Å². The Bertz CT molecular complexity index is 398. The van der Waals surface area contributed by atoms with Gasteiger partial charge in [-0.25, -0.2) is 0 Å². The Labute approximate surface area is 109 Å². The summed E-state index contributed by atoms with van der Waals surface area (Å²) in [7, 11) is 0. The van der Waals surface area contributed by atoms with Crippen LogP contribution in [0.4, 0.5) is 5.69 Å². The molecule has 0 radical (unpaired) electrons. The molecule has 0 spiro atoms. The molecule has 0 saturated carbocycles. The maximum atomic E-state index is 5.79. The number of nitrogens with one attached hydrogen (secondary N) is 1. The van der Waals surface area contributed by atoms with E-state index in [1.54, 1.807) is 0 Å². The summed E-state index contributed by atoms with van der Waals surface area (Å²) in [6, 6.07) is 20.4. The minimum absolute atomic E-state index is 0.186. The van der Waals surface area contributed by atoms with Crippen LogP contribution in [0, 0.1) is 0 Å². The van der Waals surface area contributed by atoms with E-state index < -0.39 is 0 Å². The lowest BCUT2D eigenvalue weighted by molar-refractivity contribution is 0.0617. The van der Waals surface area contributed by atoms with Gasteiger partial charge in [0.2, 0.25) is 0 Å². The van der Waals surface area contributed by atoms with Crippen molar-refractivity contribution >= 4 is 5.69 Å². The molecule has 94 valence electrons. The molecule has 2 heteroatoms. The Hall–Kier alpha value is -1.80. The lowest BCUT2D eigenvalue weighted by Crippen LogP contribution is -2.19. The average molecular weight is 241 g/mol. The number of rotatable bonds is 6. The van der Waals surface area contributed by atoms with Crippen molar-refractivity contribution in [2.45, 2.75) is 19.6 Å². The van der Waals surface area contributed by atoms with E-state index in [9.17, 15) is 0 Å². The first-order valence-electron chi connectivity index (χ1n) is 6.29. The van der Waals surface area contributed by atoms with Gasteiger partial charge in [0.05, 0.1) is 12.7 Å². The normalized spacial score (nSPS) is 12.1. The summed E-state index contributed by atoms with van der Waals surface area (Å²) in [6.45, 7) is 3.56. The zero-order valence-electron chi connectivity index (χ0n) is 10.7. The van der Waals surface area contributed by atoms with Gasteiger partial charge in [-0.2, -0.15) is 0 Å². The van der Waals surface area contributed by atoms with Gasteiger partial charge in [-0.3, -0.25) is 0 Å². The molecule has 1 unspecified atom stereocenters. The molecule has 1 atom stereocenters. The van der Waals surface area contributed by atoms with Crippen molar-refractivity contribution in [3.63, 3.8) is 0 Å². The molecule has 0 heterocycles. The second-order valence-corrected chi connectivity index (χ2v) is 4.35. The average Bonchev–Trinajstić information content (AvgIpc) is 2.45. The van der Waals surface area contributed by atoms with Crippen molar-refractivity contribution in [1.29, 1.82) is 0 Å². The smallest absolute Gasteiger partial charge is 0.0723 e. The van der Waals surface area contributed by atoms with Gasteiger partial charge in [-0.15, -0.1) is 0 Å². The first kappa shape index (κ1) is 12.7. The monoisotopic (exact) mass is 241 g/mol. The van der Waals surface area contributed by atoms with E-state index in [0.717, 1.165) is 12.2 Å². The topological polar surface area (TPSA) is 21.3 Å². The Morgan fingerprint density at radius 2 is 1.56 bits per heavy atom. The molecule has 2 aromatic carbocycles. The molecule has 0 bridgehead atoms. The highest BCUT2D eigenvalue weighted by Gasteiger charge is 2.02. The second kappa shape index (κ2) is 6.82. The van der Waals surface area contributed by atoms with Gasteiger partial charge >= 0.3 is 0 Å². The lowest BCUT2D eigenvalue weighted by atomic mass is 10.2. The maximum absolute atomic E-state index is 5.79. The van der Waals surface area contributed by atoms with Crippen LogP contribution in [0.2, 0.25) is 0 Å². The van der Waals surface area contributed by atoms with Gasteiger partial charge in [0.15, 0.2) is 0 Å². The summed E-state index contributed by atoms with van der Waals surface area (Å²) in [4.78, 5) is 0. The molecule has 0 amide bonds. The molecule has 18 heavy (non-hydrogen) atoms. The third kappa shape index (κ3) is 4.22. The van der Waals surface area contributed by atoms with E-state index in [0.29, 0.717) is 6.61 Å². The summed E-state index contributed by atoms with van der Waals surface area (Å²) >= 11 is 0. The molecule has 0 aliphatic heterocycles. The molecular formula is C16H19NO. The van der Waals surface area contributed by atoms with E-state index >= 15 is 0 Å². The summed E-state index contributed by atoms with van der Waals surface area (Å²) in [5.41, 5.74) is 2.34. The minimum Gasteiger partial charge on any atom is -0.382 e. The van der Waals surface area contributed by atoms with Crippen molar-refractivity contribution < 1.29 is 4.74 Å². The summed E-state index contributed by atoms with van der Waals surface area (Å²) in [5.74, 6) is 0. The van der Waals surface area contributed by atoms with Gasteiger partial charge < -0.3 is 10.1 Å². The van der Waals surface area contributed by atoms with Gasteiger partial charge in [0.1, 0.15) is 0 Å². The lowest BCUT2D eigenvalue weighted by Gasteiger charge is -2.14. The molecule has 0 aliphatic rings. The number of hydrogen-bond donors (Lipinski definition) is 1. The van der Waals surface area contributed by atoms with E-state index in [2.05, 4.69) is 36.5 Å². The molecule has 0 aromatic heterocycles. The molecular weight excluding hydrogens is 222 g/mol. The van der Waals surface area contributed by atoms with Crippen molar-refractivity contribution in [3.8, 4) is 0 Å². The van der Waals surface area contributed by atoms with Crippen LogP contribution in [-0.4, -0.2) is 12.6 Å². The van der Waals surface area contributed by atoms with Crippen LogP contribution in [0.3, 0.4) is 0 Å². The zero-order chi connectivity index (χ0) is 12.6. The second-order valence-electron chi connectivity index (χ2n) is 4.35. The van der Waals surface area contributed by atoms with E-state index in [-0.39, 0.29) is 6.10 Å². The van der Waals surface area contributed by atoms with Crippen molar-refractivity contribution in [3.05, 3.63) is 66.2 Å². The molecule has 0 saturated heterocycles. The highest BCUT2D eigenvalue weighted by atomic mass is 16.5. The highest BCUT2D eigenvalue weighted by Crippen LogP contribution is 2.07. The number of anilines is 1. The fourth-order valence-electron chi connectivity index (χ4n) is 1.69. The third-order valence-corrected chi connectivity index (χ3v) is 2.74. The molecule has 2 aromatic rings. The van der Waals surface area contributed by atoms with Crippen molar-refractivity contribution in [1.82, 2.24) is 0 Å². The third-order valence-electron chi connectivity index (χ3n) is 2.74. The van der Waals surface area contributed by atoms with Crippen LogP contribution in [0.5, 0.6) is 0 Å². The molecule has 2 rings (SSSR count). The quantitative estimate of drug-likeness (QED) is 0.832. The number of benzene rings is 2. The summed E-state index contributed by atoms with van der Waals surface area (Å²) in [6.07, 6.45) is 0.186. The summed E-state index contributed by atoms with van der Waals surface area (Å²) < 4.78 is 5.79. The van der Waals surface area contributed by atoms with E-state index in [1.165, 1.54) is 5.56 Å². The van der Waals surface area contributed by atoms with E-state index in [1.807, 2.05) is 36.4 Å². The first-order valence-corrected chi connectivity index (χ1v) is 6.29. The minimum atomic E-state index is 0.186. The standard InChI is InChI=1S/C16H19NO/c1-14(12-17-16-10-6-3-7-11-16)18-13-15-8-4-2-5-9-15/h2-11,14,17H,12-13H2,1H3. The Kier molecular flexibility index (Phi) is 4.79. The fraction of sp³-hybridized carbons (Fsp3) is 0.250. The van der Waals surface area contributed by atoms with E-state index in [4.69, 9.17) is 4.74 Å². The van der Waals surface area contributed by atoms with Gasteiger partial charge in [-0.1, -0.05) is 48.5 Å². The SMILES string of the molecule is CC(CNc1ccccc1)OCc1ccccc1. The number of para-hydroxylation sites is 1. The van der Waals surface area contributed by atoms with Crippen LogP contribution in [-0.2, 0) is 11.3 Å². The number of ether oxygens (including phenoxy) is 1. The molecule has 2 nitrogen and oxygen atoms in total. The molecule has 0 fully saturated rings. The largest absolute Gasteiger partial charge is 0.382 e. The van der Waals surface area contributed by atoms with Crippen molar-refractivity contribution in [2.24, 2.45) is 0 Å². The van der Waals surface area contributed by atoms with Gasteiger partial charge in [0.25, 0.3) is 0 Å². The van der Waals surface area contributed by atoms with Crippen LogP contribution in [0.1, 0.15) is 12.5 Å². The van der Waals surface area contributed by atoms with Crippen LogP contribution in [0.15, 0.2) is 60.7 Å². The van der Waals surface area contributed by atoms with Crippen LogP contribution in [0.25, 0.3) is 0 Å². The molecule has 0 aliphatic carbocycles. The Morgan fingerprint density at radius 3 is 2.22 bits per heavy atom. The number of hydrogen-bond acceptors (Lipinski definition) is 2.